The molecule has 0 saturated carbocycles. The first-order valence-corrected chi connectivity index (χ1v) is 8.21. The van der Waals surface area contributed by atoms with Crippen LogP contribution in [0.4, 0.5) is 0 Å². The minimum absolute atomic E-state index is 0.533. The minimum atomic E-state index is -0.901. The van der Waals surface area contributed by atoms with Crippen molar-refractivity contribution < 1.29 is 5.11 Å². The number of hydrogen-bond acceptors (Lipinski definition) is 4. The summed E-state index contributed by atoms with van der Waals surface area (Å²) in [5.41, 5.74) is 1.72. The van der Waals surface area contributed by atoms with Gasteiger partial charge in [-0.3, -0.25) is 4.98 Å². The van der Waals surface area contributed by atoms with Crippen LogP contribution in [0.2, 0.25) is 0 Å². The summed E-state index contributed by atoms with van der Waals surface area (Å²) in [5.74, 6) is 7.14. The number of pyridine rings is 1. The second-order valence-corrected chi connectivity index (χ2v) is 6.33. The molecule has 0 spiro atoms. The van der Waals surface area contributed by atoms with Gasteiger partial charge in [0.2, 0.25) is 0 Å². The van der Waals surface area contributed by atoms with Crippen molar-refractivity contribution >= 4 is 0 Å². The summed E-state index contributed by atoms with van der Waals surface area (Å²) in [7, 11) is 0. The van der Waals surface area contributed by atoms with Crippen LogP contribution in [0.3, 0.4) is 0 Å². The first-order chi connectivity index (χ1) is 11.2. The van der Waals surface area contributed by atoms with Crippen molar-refractivity contribution in [1.29, 1.82) is 0 Å². The number of fused-ring (bicyclic) bond motifs is 1. The second-order valence-electron chi connectivity index (χ2n) is 6.33. The van der Waals surface area contributed by atoms with Crippen LogP contribution >= 0.6 is 0 Å². The van der Waals surface area contributed by atoms with Crippen LogP contribution in [0, 0.1) is 11.8 Å². The number of nitrogens with one attached hydrogen (secondary N) is 1. The van der Waals surface area contributed by atoms with E-state index in [-0.39, 0.29) is 0 Å². The van der Waals surface area contributed by atoms with Crippen LogP contribution in [0.5, 0.6) is 0 Å². The Morgan fingerprint density at radius 2 is 2.22 bits per heavy atom. The molecule has 4 rings (SSSR count). The van der Waals surface area contributed by atoms with Crippen LogP contribution in [-0.2, 0) is 13.0 Å². The van der Waals surface area contributed by atoms with Crippen molar-refractivity contribution in [1.82, 2.24) is 19.9 Å². The zero-order valence-corrected chi connectivity index (χ0v) is 13.0. The van der Waals surface area contributed by atoms with E-state index in [0.717, 1.165) is 42.3 Å². The van der Waals surface area contributed by atoms with Gasteiger partial charge >= 0.3 is 0 Å². The molecule has 1 fully saturated rings. The quantitative estimate of drug-likeness (QED) is 0.781. The third-order valence-electron chi connectivity index (χ3n) is 4.51. The molecule has 0 bridgehead atoms. The lowest BCUT2D eigenvalue weighted by Crippen LogP contribution is -2.28. The van der Waals surface area contributed by atoms with E-state index in [1.54, 1.807) is 6.20 Å². The van der Waals surface area contributed by atoms with Crippen molar-refractivity contribution in [3.63, 3.8) is 0 Å². The summed E-state index contributed by atoms with van der Waals surface area (Å²) < 4.78 is 2.23. The molecule has 2 aliphatic heterocycles. The van der Waals surface area contributed by atoms with E-state index in [2.05, 4.69) is 37.9 Å². The maximum Gasteiger partial charge on any atom is 0.139 e. The smallest absolute Gasteiger partial charge is 0.139 e. The molecule has 118 valence electrons. The Kier molecular flexibility index (Phi) is 3.64. The molecule has 0 aromatic carbocycles. The minimum Gasteiger partial charge on any atom is -0.376 e. The van der Waals surface area contributed by atoms with E-state index >= 15 is 0 Å². The second kappa shape index (κ2) is 5.80. The highest BCUT2D eigenvalue weighted by Crippen LogP contribution is 2.21. The lowest BCUT2D eigenvalue weighted by Gasteiger charge is -2.11. The van der Waals surface area contributed by atoms with E-state index in [9.17, 15) is 5.11 Å². The summed E-state index contributed by atoms with van der Waals surface area (Å²) >= 11 is 0. The number of aryl methyl sites for hydroxylation is 2. The molecule has 23 heavy (non-hydrogen) atoms. The van der Waals surface area contributed by atoms with E-state index in [1.807, 2.05) is 12.1 Å². The number of aromatic nitrogens is 3. The first kappa shape index (κ1) is 14.4. The predicted octanol–water partition coefficient (Wildman–Crippen LogP) is 1.36. The molecule has 2 aromatic rings. The summed E-state index contributed by atoms with van der Waals surface area (Å²) in [6.45, 7) is 2.40. The molecule has 2 N–H and O–H groups in total. The van der Waals surface area contributed by atoms with Gasteiger partial charge < -0.3 is 15.0 Å². The molecule has 1 unspecified atom stereocenters. The molecule has 4 heterocycles. The van der Waals surface area contributed by atoms with Gasteiger partial charge in [-0.25, -0.2) is 4.98 Å². The van der Waals surface area contributed by atoms with Gasteiger partial charge in [-0.1, -0.05) is 11.8 Å². The fraction of sp³-hybridized carbons (Fsp3) is 0.444. The van der Waals surface area contributed by atoms with Gasteiger partial charge in [0, 0.05) is 43.9 Å². The zero-order valence-electron chi connectivity index (χ0n) is 13.0. The van der Waals surface area contributed by atoms with Crippen LogP contribution in [0.1, 0.15) is 30.7 Å². The SMILES string of the molecule is OC1(C#Cc2ccc(-c3cn4c(n3)CCCC4)nc2)CCNC1. The summed E-state index contributed by atoms with van der Waals surface area (Å²) in [5, 5.41) is 13.3. The Labute approximate surface area is 135 Å². The van der Waals surface area contributed by atoms with E-state index in [4.69, 9.17) is 0 Å². The van der Waals surface area contributed by atoms with Crippen LogP contribution in [-0.4, -0.2) is 38.3 Å². The molecule has 1 atom stereocenters. The van der Waals surface area contributed by atoms with Crippen LogP contribution < -0.4 is 5.32 Å². The van der Waals surface area contributed by atoms with Gasteiger partial charge in [-0.05, 0) is 31.5 Å². The molecule has 5 nitrogen and oxygen atoms in total. The van der Waals surface area contributed by atoms with Gasteiger partial charge in [0.15, 0.2) is 0 Å². The Balaban J connectivity index is 1.54. The number of aliphatic hydroxyl groups is 1. The Bertz CT molecular complexity index is 737. The third-order valence-corrected chi connectivity index (χ3v) is 4.51. The van der Waals surface area contributed by atoms with Gasteiger partial charge in [-0.2, -0.15) is 0 Å². The Morgan fingerprint density at radius 3 is 2.96 bits per heavy atom. The molecular formula is C18H20N4O. The van der Waals surface area contributed by atoms with Crippen LogP contribution in [0.25, 0.3) is 11.4 Å². The summed E-state index contributed by atoms with van der Waals surface area (Å²) in [6, 6.07) is 3.90. The van der Waals surface area contributed by atoms with E-state index in [0.29, 0.717) is 13.0 Å². The number of rotatable bonds is 1. The van der Waals surface area contributed by atoms with Gasteiger partial charge in [0.1, 0.15) is 17.1 Å². The molecule has 5 heteroatoms. The maximum absolute atomic E-state index is 10.2. The molecule has 1 saturated heterocycles. The van der Waals surface area contributed by atoms with E-state index < -0.39 is 5.60 Å². The number of β-amino-alcohol motifs (C(OH)–C–C–N with tert-alkyl or cyclic N) is 1. The molecule has 0 amide bonds. The first-order valence-electron chi connectivity index (χ1n) is 8.21. The highest BCUT2D eigenvalue weighted by molar-refractivity contribution is 5.54. The Hall–Kier alpha value is -2.16. The Morgan fingerprint density at radius 1 is 1.26 bits per heavy atom. The largest absolute Gasteiger partial charge is 0.376 e. The average Bonchev–Trinajstić information content (AvgIpc) is 3.20. The molecule has 0 aliphatic carbocycles. The van der Waals surface area contributed by atoms with Crippen molar-refractivity contribution in [3.05, 3.63) is 35.9 Å². The third kappa shape index (κ3) is 3.00. The van der Waals surface area contributed by atoms with Crippen molar-refractivity contribution in [3.8, 4) is 23.2 Å². The molecule has 2 aromatic heterocycles. The highest BCUT2D eigenvalue weighted by atomic mass is 16.3. The zero-order chi connectivity index (χ0) is 15.7. The van der Waals surface area contributed by atoms with Crippen LogP contribution in [0.15, 0.2) is 24.5 Å². The van der Waals surface area contributed by atoms with Crippen molar-refractivity contribution in [2.24, 2.45) is 0 Å². The number of imidazole rings is 1. The maximum atomic E-state index is 10.2. The van der Waals surface area contributed by atoms with Gasteiger partial charge in [0.05, 0.1) is 5.69 Å². The van der Waals surface area contributed by atoms with Crippen molar-refractivity contribution in [2.75, 3.05) is 13.1 Å². The topological polar surface area (TPSA) is 63.0 Å². The predicted molar refractivity (Wildman–Crippen MR) is 87.7 cm³/mol. The number of hydrogen-bond donors (Lipinski definition) is 2. The highest BCUT2D eigenvalue weighted by Gasteiger charge is 2.28. The normalized spacial score (nSPS) is 23.2. The lowest BCUT2D eigenvalue weighted by atomic mass is 10.0. The van der Waals surface area contributed by atoms with Gasteiger partial charge in [-0.15, -0.1) is 0 Å². The number of nitrogens with zero attached hydrogens (tertiary/aromatic N) is 3. The molecular weight excluding hydrogens is 288 g/mol. The fourth-order valence-corrected chi connectivity index (χ4v) is 3.13. The summed E-state index contributed by atoms with van der Waals surface area (Å²) in [4.78, 5) is 9.17. The average molecular weight is 308 g/mol. The standard InChI is InChI=1S/C18H20N4O/c23-18(8-9-19-13-18)7-6-14-4-5-15(20-11-14)16-12-22-10-2-1-3-17(22)21-16/h4-5,11-12,19,23H,1-3,8-10,13H2. The lowest BCUT2D eigenvalue weighted by molar-refractivity contribution is 0.124. The molecule has 2 aliphatic rings. The summed E-state index contributed by atoms with van der Waals surface area (Å²) in [6.07, 6.45) is 8.02. The van der Waals surface area contributed by atoms with E-state index in [1.165, 1.54) is 12.8 Å². The fourth-order valence-electron chi connectivity index (χ4n) is 3.13. The van der Waals surface area contributed by atoms with Gasteiger partial charge in [0.25, 0.3) is 0 Å². The van der Waals surface area contributed by atoms with Crippen molar-refractivity contribution in [2.45, 2.75) is 37.8 Å². The molecule has 0 radical (unpaired) electrons. The monoisotopic (exact) mass is 308 g/mol.